The molecule has 2 aromatic carbocycles. The Morgan fingerprint density at radius 1 is 1.13 bits per heavy atom. The zero-order valence-corrected chi connectivity index (χ0v) is 13.1. The van der Waals surface area contributed by atoms with Crippen molar-refractivity contribution in [2.45, 2.75) is 0 Å². The Kier molecular flexibility index (Phi) is 3.28. The predicted octanol–water partition coefficient (Wildman–Crippen LogP) is 4.29. The van der Waals surface area contributed by atoms with Crippen molar-refractivity contribution >= 4 is 39.8 Å². The van der Waals surface area contributed by atoms with Gasteiger partial charge < -0.3 is 10.1 Å². The predicted molar refractivity (Wildman–Crippen MR) is 91.8 cm³/mol. The minimum absolute atomic E-state index is 0.647. The van der Waals surface area contributed by atoms with E-state index in [0.29, 0.717) is 10.8 Å². The van der Waals surface area contributed by atoms with Crippen LogP contribution in [0.3, 0.4) is 0 Å². The molecule has 0 radical (unpaired) electrons. The lowest BCUT2D eigenvalue weighted by molar-refractivity contribution is 0.415. The molecule has 6 heteroatoms. The second kappa shape index (κ2) is 5.44. The number of rotatable bonds is 3. The van der Waals surface area contributed by atoms with Gasteiger partial charge in [-0.3, -0.25) is 4.40 Å². The largest absolute Gasteiger partial charge is 0.497 e. The zero-order valence-electron chi connectivity index (χ0n) is 12.3. The number of fused-ring (bicyclic) bond motifs is 3. The Morgan fingerprint density at radius 2 is 1.96 bits per heavy atom. The quantitative estimate of drug-likeness (QED) is 0.611. The van der Waals surface area contributed by atoms with Crippen molar-refractivity contribution in [3.8, 4) is 5.75 Å². The first-order valence-electron chi connectivity index (χ1n) is 7.08. The number of nitrogens with one attached hydrogen (secondary N) is 1. The van der Waals surface area contributed by atoms with Crippen molar-refractivity contribution in [2.24, 2.45) is 0 Å². The summed E-state index contributed by atoms with van der Waals surface area (Å²) in [6, 6.07) is 13.3. The summed E-state index contributed by atoms with van der Waals surface area (Å²) >= 11 is 6.32. The van der Waals surface area contributed by atoms with E-state index in [2.05, 4.69) is 15.3 Å². The lowest BCUT2D eigenvalue weighted by Crippen LogP contribution is -2.00. The first-order valence-corrected chi connectivity index (χ1v) is 7.46. The van der Waals surface area contributed by atoms with Gasteiger partial charge in [-0.1, -0.05) is 17.7 Å². The van der Waals surface area contributed by atoms with Gasteiger partial charge in [-0.25, -0.2) is 9.97 Å². The first-order chi connectivity index (χ1) is 11.3. The fourth-order valence-corrected chi connectivity index (χ4v) is 2.82. The molecule has 0 saturated carbocycles. The molecule has 2 aromatic heterocycles. The molecule has 0 spiro atoms. The van der Waals surface area contributed by atoms with Crippen LogP contribution in [0, 0.1) is 0 Å². The van der Waals surface area contributed by atoms with Gasteiger partial charge in [0.2, 0.25) is 0 Å². The maximum absolute atomic E-state index is 6.32. The summed E-state index contributed by atoms with van der Waals surface area (Å²) in [6.45, 7) is 0. The number of aromatic nitrogens is 3. The topological polar surface area (TPSA) is 51.5 Å². The number of ether oxygens (including phenoxy) is 1. The van der Waals surface area contributed by atoms with Crippen molar-refractivity contribution < 1.29 is 4.74 Å². The van der Waals surface area contributed by atoms with Gasteiger partial charge in [0.05, 0.1) is 23.2 Å². The Labute approximate surface area is 137 Å². The summed E-state index contributed by atoms with van der Waals surface area (Å²) in [7, 11) is 1.64. The molecule has 4 aromatic rings. The second-order valence-corrected chi connectivity index (χ2v) is 5.45. The molecule has 23 heavy (non-hydrogen) atoms. The van der Waals surface area contributed by atoms with E-state index in [1.165, 1.54) is 0 Å². The Morgan fingerprint density at radius 3 is 2.74 bits per heavy atom. The third kappa shape index (κ3) is 2.35. The minimum Gasteiger partial charge on any atom is -0.497 e. The first kappa shape index (κ1) is 13.8. The summed E-state index contributed by atoms with van der Waals surface area (Å²) in [5, 5.41) is 3.95. The van der Waals surface area contributed by atoms with Gasteiger partial charge in [0.15, 0.2) is 11.5 Å². The van der Waals surface area contributed by atoms with Gasteiger partial charge in [0.25, 0.3) is 0 Å². The number of anilines is 2. The second-order valence-electron chi connectivity index (χ2n) is 5.04. The van der Waals surface area contributed by atoms with E-state index >= 15 is 0 Å². The average Bonchev–Trinajstić information content (AvgIpc) is 3.05. The highest BCUT2D eigenvalue weighted by molar-refractivity contribution is 6.35. The molecular formula is C17H13ClN4O. The van der Waals surface area contributed by atoms with Crippen LogP contribution >= 0.6 is 11.6 Å². The van der Waals surface area contributed by atoms with E-state index in [0.717, 1.165) is 28.1 Å². The van der Waals surface area contributed by atoms with Gasteiger partial charge in [-0.15, -0.1) is 0 Å². The molecule has 0 aliphatic carbocycles. The summed E-state index contributed by atoms with van der Waals surface area (Å²) < 4.78 is 7.11. The molecule has 114 valence electrons. The maximum Gasteiger partial charge on any atom is 0.180 e. The van der Waals surface area contributed by atoms with Crippen molar-refractivity contribution in [1.82, 2.24) is 14.4 Å². The standard InChI is InChI=1S/C17H13ClN4O/c1-23-12-7-5-11(6-8-12)20-16-17-19-9-10-22(17)15-13(18)3-2-4-14(15)21-16/h2-10H,1H3,(H,20,21). The molecule has 5 nitrogen and oxygen atoms in total. The van der Waals surface area contributed by atoms with Crippen LogP contribution in [0.5, 0.6) is 5.75 Å². The van der Waals surface area contributed by atoms with Gasteiger partial charge in [0, 0.05) is 18.1 Å². The smallest absolute Gasteiger partial charge is 0.180 e. The molecule has 4 rings (SSSR count). The van der Waals surface area contributed by atoms with Crippen LogP contribution in [0.15, 0.2) is 54.9 Å². The van der Waals surface area contributed by atoms with Crippen molar-refractivity contribution in [2.75, 3.05) is 12.4 Å². The molecule has 0 saturated heterocycles. The number of methoxy groups -OCH3 is 1. The molecule has 0 unspecified atom stereocenters. The van der Waals surface area contributed by atoms with E-state index in [1.807, 2.05) is 53.1 Å². The van der Waals surface area contributed by atoms with E-state index in [4.69, 9.17) is 16.3 Å². The molecule has 2 heterocycles. The molecule has 0 aliphatic heterocycles. The van der Waals surface area contributed by atoms with Gasteiger partial charge in [-0.05, 0) is 36.4 Å². The Bertz CT molecular complexity index is 995. The lowest BCUT2D eigenvalue weighted by atomic mass is 10.3. The summed E-state index contributed by atoms with van der Waals surface area (Å²) in [5.41, 5.74) is 3.28. The minimum atomic E-state index is 0.647. The van der Waals surface area contributed by atoms with Crippen LogP contribution < -0.4 is 10.1 Å². The Balaban J connectivity index is 1.86. The van der Waals surface area contributed by atoms with Crippen LogP contribution in [0.1, 0.15) is 0 Å². The third-order valence-electron chi connectivity index (χ3n) is 3.64. The molecular weight excluding hydrogens is 312 g/mol. The molecule has 0 fully saturated rings. The highest BCUT2D eigenvalue weighted by Crippen LogP contribution is 2.28. The van der Waals surface area contributed by atoms with E-state index in [1.54, 1.807) is 13.3 Å². The normalized spacial score (nSPS) is 11.0. The van der Waals surface area contributed by atoms with Gasteiger partial charge in [0.1, 0.15) is 5.75 Å². The number of imidazole rings is 1. The van der Waals surface area contributed by atoms with Crippen LogP contribution in [0.2, 0.25) is 5.02 Å². The fraction of sp³-hybridized carbons (Fsp3) is 0.0588. The van der Waals surface area contributed by atoms with Crippen molar-refractivity contribution in [3.63, 3.8) is 0 Å². The number of benzene rings is 2. The van der Waals surface area contributed by atoms with Crippen LogP contribution in [-0.4, -0.2) is 21.5 Å². The molecule has 1 N–H and O–H groups in total. The van der Waals surface area contributed by atoms with Crippen LogP contribution in [0.25, 0.3) is 16.7 Å². The van der Waals surface area contributed by atoms with Gasteiger partial charge in [-0.2, -0.15) is 0 Å². The maximum atomic E-state index is 6.32. The molecule has 0 aliphatic rings. The third-order valence-corrected chi connectivity index (χ3v) is 3.95. The number of hydrogen-bond acceptors (Lipinski definition) is 4. The fourth-order valence-electron chi connectivity index (χ4n) is 2.56. The van der Waals surface area contributed by atoms with Gasteiger partial charge >= 0.3 is 0 Å². The highest BCUT2D eigenvalue weighted by Gasteiger charge is 2.11. The summed E-state index contributed by atoms with van der Waals surface area (Å²) in [5.74, 6) is 1.48. The average molecular weight is 325 g/mol. The van der Waals surface area contributed by atoms with E-state index < -0.39 is 0 Å². The molecule has 0 bridgehead atoms. The molecule has 0 atom stereocenters. The zero-order chi connectivity index (χ0) is 15.8. The highest BCUT2D eigenvalue weighted by atomic mass is 35.5. The Hall–Kier alpha value is -2.79. The van der Waals surface area contributed by atoms with Crippen molar-refractivity contribution in [1.29, 1.82) is 0 Å². The SMILES string of the molecule is COc1ccc(Nc2nc3cccc(Cl)c3n3ccnc23)cc1. The molecule has 0 amide bonds. The number of nitrogens with zero attached hydrogens (tertiary/aromatic N) is 3. The van der Waals surface area contributed by atoms with E-state index in [-0.39, 0.29) is 0 Å². The lowest BCUT2D eigenvalue weighted by Gasteiger charge is -2.11. The number of halogens is 1. The summed E-state index contributed by atoms with van der Waals surface area (Å²) in [4.78, 5) is 9.06. The van der Waals surface area contributed by atoms with Crippen LogP contribution in [-0.2, 0) is 0 Å². The van der Waals surface area contributed by atoms with E-state index in [9.17, 15) is 0 Å². The number of hydrogen-bond donors (Lipinski definition) is 1. The van der Waals surface area contributed by atoms with Crippen molar-refractivity contribution in [3.05, 3.63) is 59.9 Å². The number of para-hydroxylation sites is 1. The monoisotopic (exact) mass is 324 g/mol. The summed E-state index contributed by atoms with van der Waals surface area (Å²) in [6.07, 6.45) is 3.61. The van der Waals surface area contributed by atoms with Crippen LogP contribution in [0.4, 0.5) is 11.5 Å².